The number of rotatable bonds is 3. The van der Waals surface area contributed by atoms with Gasteiger partial charge in [0.2, 0.25) is 10.0 Å². The molecule has 3 N–H and O–H groups in total. The molecule has 3 heterocycles. The summed E-state index contributed by atoms with van der Waals surface area (Å²) in [7, 11) is -3.64. The van der Waals surface area contributed by atoms with Crippen LogP contribution in [0.5, 0.6) is 0 Å². The van der Waals surface area contributed by atoms with Crippen molar-refractivity contribution in [3.05, 3.63) is 41.7 Å². The molecule has 1 aromatic heterocycles. The zero-order valence-corrected chi connectivity index (χ0v) is 15.7. The predicted molar refractivity (Wildman–Crippen MR) is 101 cm³/mol. The first-order valence-electron chi connectivity index (χ1n) is 8.94. The number of ether oxygens (including phenoxy) is 1. The minimum absolute atomic E-state index is 0.0950. The molecule has 0 saturated carbocycles. The van der Waals surface area contributed by atoms with E-state index in [0.717, 1.165) is 24.1 Å². The Bertz CT molecular complexity index is 963. The quantitative estimate of drug-likeness (QED) is 0.766. The maximum atomic E-state index is 13.0. The number of H-pyrrole nitrogens is 1. The second-order valence-corrected chi connectivity index (χ2v) is 8.61. The summed E-state index contributed by atoms with van der Waals surface area (Å²) in [5.74, 6) is -0.259. The number of morpholine rings is 1. The molecule has 2 aliphatic rings. The Morgan fingerprint density at radius 1 is 1.19 bits per heavy atom. The molecule has 0 atom stereocenters. The highest BCUT2D eigenvalue weighted by atomic mass is 32.2. The monoisotopic (exact) mass is 390 g/mol. The van der Waals surface area contributed by atoms with Gasteiger partial charge in [0.15, 0.2) is 0 Å². The van der Waals surface area contributed by atoms with Gasteiger partial charge in [0, 0.05) is 37.2 Å². The lowest BCUT2D eigenvalue weighted by atomic mass is 9.99. The van der Waals surface area contributed by atoms with Crippen molar-refractivity contribution in [2.45, 2.75) is 17.7 Å². The smallest absolute Gasteiger partial charge is 0.274 e. The van der Waals surface area contributed by atoms with Crippen LogP contribution in [-0.2, 0) is 21.2 Å². The Labute approximate surface area is 158 Å². The number of nitrogens with two attached hydrogens (primary N) is 1. The zero-order chi connectivity index (χ0) is 19.0. The largest absolute Gasteiger partial charge is 0.398 e. The van der Waals surface area contributed by atoms with Crippen molar-refractivity contribution in [1.29, 1.82) is 0 Å². The Kier molecular flexibility index (Phi) is 4.67. The van der Waals surface area contributed by atoms with E-state index in [2.05, 4.69) is 4.98 Å². The summed E-state index contributed by atoms with van der Waals surface area (Å²) in [5.41, 5.74) is 8.72. The molecule has 4 rings (SSSR count). The Morgan fingerprint density at radius 2 is 1.96 bits per heavy atom. The standard InChI is InChI=1S/C18H22N4O4S/c19-15-4-1-5-17-14(15)3-2-6-22(17)18(23)16-11-13(12-20-16)27(24,25)21-7-9-26-10-8-21/h1,4-5,11-12,20H,2-3,6-10,19H2. The Balaban J connectivity index is 1.61. The van der Waals surface area contributed by atoms with Crippen LogP contribution in [0.15, 0.2) is 35.4 Å². The number of carbonyl (C=O) groups is 1. The fourth-order valence-corrected chi connectivity index (χ4v) is 4.99. The van der Waals surface area contributed by atoms with Crippen LogP contribution in [0.3, 0.4) is 0 Å². The number of amides is 1. The molecule has 9 heteroatoms. The normalized spacial score (nSPS) is 18.3. The van der Waals surface area contributed by atoms with Crippen LogP contribution in [0.4, 0.5) is 11.4 Å². The molecular formula is C18H22N4O4S. The van der Waals surface area contributed by atoms with E-state index in [9.17, 15) is 13.2 Å². The molecule has 1 aromatic carbocycles. The van der Waals surface area contributed by atoms with Gasteiger partial charge in [0.1, 0.15) is 10.6 Å². The van der Waals surface area contributed by atoms with Crippen molar-refractivity contribution >= 4 is 27.3 Å². The van der Waals surface area contributed by atoms with Crippen LogP contribution in [-0.4, -0.2) is 56.5 Å². The molecule has 27 heavy (non-hydrogen) atoms. The lowest BCUT2D eigenvalue weighted by Crippen LogP contribution is -2.40. The highest BCUT2D eigenvalue weighted by Gasteiger charge is 2.30. The minimum Gasteiger partial charge on any atom is -0.398 e. The summed E-state index contributed by atoms with van der Waals surface area (Å²) in [6.07, 6.45) is 3.02. The van der Waals surface area contributed by atoms with Crippen molar-refractivity contribution in [3.63, 3.8) is 0 Å². The van der Waals surface area contributed by atoms with Crippen LogP contribution in [0.2, 0.25) is 0 Å². The summed E-state index contributed by atoms with van der Waals surface area (Å²) in [4.78, 5) is 17.6. The molecule has 0 aliphatic carbocycles. The summed E-state index contributed by atoms with van der Waals surface area (Å²) in [6, 6.07) is 6.93. The molecule has 1 fully saturated rings. The van der Waals surface area contributed by atoms with Gasteiger partial charge >= 0.3 is 0 Å². The number of fused-ring (bicyclic) bond motifs is 1. The third kappa shape index (κ3) is 3.22. The van der Waals surface area contributed by atoms with E-state index < -0.39 is 10.0 Å². The van der Waals surface area contributed by atoms with E-state index in [1.54, 1.807) is 4.90 Å². The Hall–Kier alpha value is -2.36. The number of anilines is 2. The van der Waals surface area contributed by atoms with Crippen LogP contribution in [0, 0.1) is 0 Å². The molecule has 1 saturated heterocycles. The van der Waals surface area contributed by atoms with E-state index in [-0.39, 0.29) is 16.5 Å². The summed E-state index contributed by atoms with van der Waals surface area (Å²) >= 11 is 0. The van der Waals surface area contributed by atoms with Crippen LogP contribution in [0.1, 0.15) is 22.5 Å². The first-order chi connectivity index (χ1) is 13.0. The number of benzene rings is 1. The van der Waals surface area contributed by atoms with Gasteiger partial charge in [-0.3, -0.25) is 4.79 Å². The van der Waals surface area contributed by atoms with E-state index in [4.69, 9.17) is 10.5 Å². The van der Waals surface area contributed by atoms with Gasteiger partial charge in [-0.1, -0.05) is 6.07 Å². The maximum Gasteiger partial charge on any atom is 0.274 e. The predicted octanol–water partition coefficient (Wildman–Crippen LogP) is 1.21. The number of sulfonamides is 1. The number of nitrogens with one attached hydrogen (secondary N) is 1. The lowest BCUT2D eigenvalue weighted by molar-refractivity contribution is 0.0730. The first-order valence-corrected chi connectivity index (χ1v) is 10.4. The number of nitrogens with zero attached hydrogens (tertiary/aromatic N) is 2. The molecular weight excluding hydrogens is 368 g/mol. The van der Waals surface area contributed by atoms with Crippen LogP contribution >= 0.6 is 0 Å². The number of aromatic nitrogens is 1. The van der Waals surface area contributed by atoms with Crippen molar-refractivity contribution in [3.8, 4) is 0 Å². The third-order valence-corrected chi connectivity index (χ3v) is 6.90. The van der Waals surface area contributed by atoms with E-state index in [1.807, 2.05) is 18.2 Å². The summed E-state index contributed by atoms with van der Waals surface area (Å²) in [5, 5.41) is 0. The van der Waals surface area contributed by atoms with Gasteiger partial charge in [-0.2, -0.15) is 4.31 Å². The second kappa shape index (κ2) is 6.99. The van der Waals surface area contributed by atoms with Gasteiger partial charge in [-0.15, -0.1) is 0 Å². The van der Waals surface area contributed by atoms with Gasteiger partial charge in [0.05, 0.1) is 13.2 Å². The van der Waals surface area contributed by atoms with E-state index >= 15 is 0 Å². The number of hydrogen-bond acceptors (Lipinski definition) is 5. The lowest BCUT2D eigenvalue weighted by Gasteiger charge is -2.30. The molecule has 1 amide bonds. The summed E-state index contributed by atoms with van der Waals surface area (Å²) in [6.45, 7) is 1.95. The molecule has 8 nitrogen and oxygen atoms in total. The SMILES string of the molecule is Nc1cccc2c1CCCN2C(=O)c1cc(S(=O)(=O)N2CCOCC2)c[nH]1. The highest BCUT2D eigenvalue weighted by Crippen LogP contribution is 2.32. The highest BCUT2D eigenvalue weighted by molar-refractivity contribution is 7.89. The minimum atomic E-state index is -3.64. The fraction of sp³-hybridized carbons (Fsp3) is 0.389. The molecule has 2 aromatic rings. The van der Waals surface area contributed by atoms with Gasteiger partial charge in [-0.25, -0.2) is 8.42 Å². The molecule has 0 radical (unpaired) electrons. The zero-order valence-electron chi connectivity index (χ0n) is 14.8. The number of nitrogen functional groups attached to an aromatic ring is 1. The van der Waals surface area contributed by atoms with Gasteiger partial charge in [0.25, 0.3) is 5.91 Å². The molecule has 0 spiro atoms. The average molecular weight is 390 g/mol. The van der Waals surface area contributed by atoms with Crippen LogP contribution in [0.25, 0.3) is 0 Å². The van der Waals surface area contributed by atoms with Gasteiger partial charge in [-0.05, 0) is 36.6 Å². The third-order valence-electron chi connectivity index (χ3n) is 5.03. The maximum absolute atomic E-state index is 13.0. The fourth-order valence-electron chi connectivity index (χ4n) is 3.59. The van der Waals surface area contributed by atoms with Crippen molar-refractivity contribution in [2.75, 3.05) is 43.5 Å². The number of hydrogen-bond donors (Lipinski definition) is 2. The molecule has 144 valence electrons. The molecule has 0 bridgehead atoms. The molecule has 2 aliphatic heterocycles. The van der Waals surface area contributed by atoms with E-state index in [1.165, 1.54) is 16.6 Å². The second-order valence-electron chi connectivity index (χ2n) is 6.67. The molecule has 0 unspecified atom stereocenters. The van der Waals surface area contributed by atoms with Crippen molar-refractivity contribution in [2.24, 2.45) is 0 Å². The first kappa shape index (κ1) is 18.0. The number of carbonyl (C=O) groups excluding carboxylic acids is 1. The van der Waals surface area contributed by atoms with E-state index in [0.29, 0.717) is 38.5 Å². The number of aromatic amines is 1. The topological polar surface area (TPSA) is 109 Å². The van der Waals surface area contributed by atoms with Crippen molar-refractivity contribution in [1.82, 2.24) is 9.29 Å². The Morgan fingerprint density at radius 3 is 2.74 bits per heavy atom. The van der Waals surface area contributed by atoms with Gasteiger partial charge < -0.3 is 20.4 Å². The van der Waals surface area contributed by atoms with Crippen LogP contribution < -0.4 is 10.6 Å². The van der Waals surface area contributed by atoms with Crippen molar-refractivity contribution < 1.29 is 17.9 Å². The average Bonchev–Trinajstić information content (AvgIpc) is 3.19. The summed E-state index contributed by atoms with van der Waals surface area (Å²) < 4.78 is 32.1.